The smallest absolute Gasteiger partial charge is 0.247 e. The molecule has 0 radical (unpaired) electrons. The van der Waals surface area contributed by atoms with Gasteiger partial charge in [0.05, 0.1) is 18.5 Å². The molecule has 1 amide bonds. The molecule has 0 atom stereocenters. The van der Waals surface area contributed by atoms with E-state index in [0.717, 1.165) is 22.2 Å². The second-order valence-electron chi connectivity index (χ2n) is 6.67. The lowest BCUT2D eigenvalue weighted by molar-refractivity contribution is -0.111. The highest BCUT2D eigenvalue weighted by Gasteiger charge is 2.12. The SMILES string of the molecule is C=CC(=O)Nc1ccc(OC)c(Nc2nccc(-c3cn(C)c4ccccc34)n2)c1. The van der Waals surface area contributed by atoms with E-state index < -0.39 is 0 Å². The predicted octanol–water partition coefficient (Wildman–Crippen LogP) is 4.51. The van der Waals surface area contributed by atoms with Gasteiger partial charge in [-0.05, 0) is 36.4 Å². The van der Waals surface area contributed by atoms with Crippen molar-refractivity contribution < 1.29 is 9.53 Å². The average Bonchev–Trinajstić information content (AvgIpc) is 3.11. The molecule has 0 spiro atoms. The topological polar surface area (TPSA) is 81.1 Å². The maximum atomic E-state index is 11.6. The van der Waals surface area contributed by atoms with E-state index in [1.165, 1.54) is 6.08 Å². The molecule has 0 saturated carbocycles. The van der Waals surface area contributed by atoms with Gasteiger partial charge in [0.15, 0.2) is 0 Å². The van der Waals surface area contributed by atoms with E-state index in [2.05, 4.69) is 50.1 Å². The van der Waals surface area contributed by atoms with Gasteiger partial charge in [0.1, 0.15) is 5.75 Å². The summed E-state index contributed by atoms with van der Waals surface area (Å²) in [6.07, 6.45) is 4.99. The van der Waals surface area contributed by atoms with Crippen LogP contribution in [0.25, 0.3) is 22.2 Å². The van der Waals surface area contributed by atoms with Crippen LogP contribution < -0.4 is 15.4 Å². The molecule has 0 saturated heterocycles. The van der Waals surface area contributed by atoms with Crippen LogP contribution in [0.5, 0.6) is 5.75 Å². The maximum Gasteiger partial charge on any atom is 0.247 e. The largest absolute Gasteiger partial charge is 0.495 e. The van der Waals surface area contributed by atoms with Crippen molar-refractivity contribution in [2.24, 2.45) is 7.05 Å². The van der Waals surface area contributed by atoms with E-state index >= 15 is 0 Å². The molecular weight excluding hydrogens is 378 g/mol. The van der Waals surface area contributed by atoms with Gasteiger partial charge in [0, 0.05) is 41.6 Å². The molecule has 2 N–H and O–H groups in total. The number of hydrogen-bond acceptors (Lipinski definition) is 5. The van der Waals surface area contributed by atoms with Gasteiger partial charge >= 0.3 is 0 Å². The summed E-state index contributed by atoms with van der Waals surface area (Å²) in [5, 5.41) is 7.04. The Morgan fingerprint density at radius 1 is 1.20 bits per heavy atom. The van der Waals surface area contributed by atoms with Gasteiger partial charge in [0.25, 0.3) is 0 Å². The molecule has 2 aromatic carbocycles. The van der Waals surface area contributed by atoms with E-state index in [4.69, 9.17) is 4.74 Å². The number of methoxy groups -OCH3 is 1. The zero-order chi connectivity index (χ0) is 21.1. The van der Waals surface area contributed by atoms with E-state index in [1.54, 1.807) is 31.5 Å². The van der Waals surface area contributed by atoms with Crippen LogP contribution in [0.3, 0.4) is 0 Å². The summed E-state index contributed by atoms with van der Waals surface area (Å²) in [5.74, 6) is 0.733. The molecule has 7 nitrogen and oxygen atoms in total. The number of nitrogens with zero attached hydrogens (tertiary/aromatic N) is 3. The van der Waals surface area contributed by atoms with Crippen LogP contribution in [0.1, 0.15) is 0 Å². The molecule has 0 aliphatic carbocycles. The van der Waals surface area contributed by atoms with Gasteiger partial charge in [-0.3, -0.25) is 4.79 Å². The van der Waals surface area contributed by atoms with E-state index in [9.17, 15) is 4.79 Å². The van der Waals surface area contributed by atoms with Crippen molar-refractivity contribution in [3.63, 3.8) is 0 Å². The van der Waals surface area contributed by atoms with Crippen LogP contribution >= 0.6 is 0 Å². The first-order valence-corrected chi connectivity index (χ1v) is 9.35. The summed E-state index contributed by atoms with van der Waals surface area (Å²) < 4.78 is 7.50. The molecule has 4 rings (SSSR count). The zero-order valence-electron chi connectivity index (χ0n) is 16.7. The van der Waals surface area contributed by atoms with Gasteiger partial charge in [-0.1, -0.05) is 24.8 Å². The number of para-hydroxylation sites is 1. The molecule has 0 fully saturated rings. The predicted molar refractivity (Wildman–Crippen MR) is 119 cm³/mol. The molecule has 0 aliphatic rings. The normalized spacial score (nSPS) is 10.6. The molecule has 0 unspecified atom stereocenters. The Labute approximate surface area is 174 Å². The van der Waals surface area contributed by atoms with E-state index in [-0.39, 0.29) is 5.91 Å². The Morgan fingerprint density at radius 2 is 2.03 bits per heavy atom. The minimum absolute atomic E-state index is 0.291. The summed E-state index contributed by atoms with van der Waals surface area (Å²) in [4.78, 5) is 20.6. The second kappa shape index (κ2) is 8.08. The molecular formula is C23H21N5O2. The number of aromatic nitrogens is 3. The number of amides is 1. The van der Waals surface area contributed by atoms with Crippen molar-refractivity contribution in [3.05, 3.63) is 73.6 Å². The average molecular weight is 399 g/mol. The molecule has 4 aromatic rings. The molecule has 2 aromatic heterocycles. The summed E-state index contributed by atoms with van der Waals surface area (Å²) in [7, 11) is 3.59. The third-order valence-corrected chi connectivity index (χ3v) is 4.73. The van der Waals surface area contributed by atoms with E-state index in [0.29, 0.717) is 23.1 Å². The van der Waals surface area contributed by atoms with Gasteiger partial charge in [-0.15, -0.1) is 0 Å². The van der Waals surface area contributed by atoms with Crippen LogP contribution in [0.4, 0.5) is 17.3 Å². The molecule has 7 heteroatoms. The first-order chi connectivity index (χ1) is 14.6. The quantitative estimate of drug-likeness (QED) is 0.466. The first-order valence-electron chi connectivity index (χ1n) is 9.35. The number of anilines is 3. The van der Waals surface area contributed by atoms with Crippen molar-refractivity contribution in [3.8, 4) is 17.0 Å². The minimum atomic E-state index is -0.291. The lowest BCUT2D eigenvalue weighted by Gasteiger charge is -2.12. The van der Waals surface area contributed by atoms with Crippen molar-refractivity contribution in [2.75, 3.05) is 17.7 Å². The van der Waals surface area contributed by atoms with Crippen LogP contribution in [-0.4, -0.2) is 27.6 Å². The summed E-state index contributed by atoms with van der Waals surface area (Å²) in [6.45, 7) is 3.47. The Bertz CT molecular complexity index is 1250. The fraction of sp³-hybridized carbons (Fsp3) is 0.0870. The number of hydrogen-bond donors (Lipinski definition) is 2. The fourth-order valence-corrected chi connectivity index (χ4v) is 3.31. The first kappa shape index (κ1) is 19.2. The number of carbonyl (C=O) groups is 1. The molecule has 30 heavy (non-hydrogen) atoms. The van der Waals surface area contributed by atoms with Gasteiger partial charge in [0.2, 0.25) is 11.9 Å². The number of rotatable bonds is 6. The van der Waals surface area contributed by atoms with Gasteiger partial charge < -0.3 is 19.9 Å². The number of fused-ring (bicyclic) bond motifs is 1. The third-order valence-electron chi connectivity index (χ3n) is 4.73. The maximum absolute atomic E-state index is 11.6. The standard InChI is InChI=1S/C23H21N5O2/c1-4-22(29)25-15-9-10-21(30-3)19(13-15)27-23-24-12-11-18(26-23)17-14-28(2)20-8-6-5-7-16(17)20/h4-14H,1H2,2-3H3,(H,25,29)(H,24,26,27). The molecule has 150 valence electrons. The van der Waals surface area contributed by atoms with Crippen molar-refractivity contribution in [1.29, 1.82) is 0 Å². The molecule has 0 bridgehead atoms. The van der Waals surface area contributed by atoms with Crippen molar-refractivity contribution in [2.45, 2.75) is 0 Å². The number of carbonyl (C=O) groups excluding carboxylic acids is 1. The molecule has 2 heterocycles. The number of aryl methyl sites for hydroxylation is 1. The minimum Gasteiger partial charge on any atom is -0.495 e. The van der Waals surface area contributed by atoms with Crippen molar-refractivity contribution in [1.82, 2.24) is 14.5 Å². The van der Waals surface area contributed by atoms with Crippen LogP contribution in [0.2, 0.25) is 0 Å². The van der Waals surface area contributed by atoms with Crippen LogP contribution in [-0.2, 0) is 11.8 Å². The Kier molecular flexibility index (Phi) is 5.17. The van der Waals surface area contributed by atoms with Gasteiger partial charge in [-0.25, -0.2) is 9.97 Å². The summed E-state index contributed by atoms with van der Waals surface area (Å²) in [6, 6.07) is 15.3. The number of ether oxygens (including phenoxy) is 1. The highest BCUT2D eigenvalue weighted by atomic mass is 16.5. The van der Waals surface area contributed by atoms with Gasteiger partial charge in [-0.2, -0.15) is 0 Å². The Balaban J connectivity index is 1.69. The zero-order valence-corrected chi connectivity index (χ0v) is 16.7. The summed E-state index contributed by atoms with van der Waals surface area (Å²) >= 11 is 0. The summed E-state index contributed by atoms with van der Waals surface area (Å²) in [5.41, 5.74) is 4.20. The van der Waals surface area contributed by atoms with Crippen LogP contribution in [0.15, 0.2) is 73.6 Å². The van der Waals surface area contributed by atoms with Crippen LogP contribution in [0, 0.1) is 0 Å². The highest BCUT2D eigenvalue weighted by Crippen LogP contribution is 2.32. The lowest BCUT2D eigenvalue weighted by Crippen LogP contribution is -2.08. The second-order valence-corrected chi connectivity index (χ2v) is 6.67. The Morgan fingerprint density at radius 3 is 2.83 bits per heavy atom. The van der Waals surface area contributed by atoms with Crippen molar-refractivity contribution >= 4 is 34.1 Å². The Hall–Kier alpha value is -4.13. The van der Waals surface area contributed by atoms with E-state index in [1.807, 2.05) is 25.2 Å². The monoisotopic (exact) mass is 399 g/mol. The highest BCUT2D eigenvalue weighted by molar-refractivity contribution is 5.99. The fourth-order valence-electron chi connectivity index (χ4n) is 3.31. The lowest BCUT2D eigenvalue weighted by atomic mass is 10.1. The number of benzene rings is 2. The number of nitrogens with one attached hydrogen (secondary N) is 2. The molecule has 0 aliphatic heterocycles. The third kappa shape index (κ3) is 3.73.